The van der Waals surface area contributed by atoms with E-state index in [9.17, 15) is 8.42 Å². The average Bonchev–Trinajstić information content (AvgIpc) is 2.35. The molecule has 0 saturated heterocycles. The van der Waals surface area contributed by atoms with Crippen molar-refractivity contribution in [3.8, 4) is 12.1 Å². The van der Waals surface area contributed by atoms with E-state index >= 15 is 0 Å². The van der Waals surface area contributed by atoms with Crippen LogP contribution >= 0.6 is 0 Å². The summed E-state index contributed by atoms with van der Waals surface area (Å²) in [6, 6.07) is 8.57. The Hall–Kier alpha value is -1.89. The molecule has 1 aromatic carbocycles. The Labute approximate surface area is 107 Å². The van der Waals surface area contributed by atoms with Crippen LogP contribution in [0.15, 0.2) is 29.2 Å². The second-order valence-corrected chi connectivity index (χ2v) is 5.82. The lowest BCUT2D eigenvalue weighted by Crippen LogP contribution is -2.37. The first-order valence-corrected chi connectivity index (χ1v) is 6.81. The third kappa shape index (κ3) is 3.30. The first kappa shape index (κ1) is 14.2. The predicted molar refractivity (Wildman–Crippen MR) is 65.7 cm³/mol. The molecule has 0 aliphatic rings. The number of nitrogens with zero attached hydrogens (tertiary/aromatic N) is 2. The normalized spacial score (nSPS) is 12.7. The van der Waals surface area contributed by atoms with E-state index in [2.05, 4.69) is 4.72 Å². The summed E-state index contributed by atoms with van der Waals surface area (Å²) in [5, 5.41) is 17.5. The van der Waals surface area contributed by atoms with Crippen molar-refractivity contribution in [3.63, 3.8) is 0 Å². The lowest BCUT2D eigenvalue weighted by molar-refractivity contribution is 0.515. The van der Waals surface area contributed by atoms with Crippen molar-refractivity contribution in [2.24, 2.45) is 5.92 Å². The van der Waals surface area contributed by atoms with Gasteiger partial charge in [0.05, 0.1) is 22.6 Å². The standard InChI is InChI=1S/C12H13N3O2S/c1-9(2)12(8-14)15-18(16,17)11-5-3-10(7-13)4-6-11/h3-6,9,12,15H,1-2H3. The molecule has 0 aliphatic carbocycles. The van der Waals surface area contributed by atoms with Crippen molar-refractivity contribution < 1.29 is 8.42 Å². The van der Waals surface area contributed by atoms with Crippen LogP contribution in [0.25, 0.3) is 0 Å². The lowest BCUT2D eigenvalue weighted by Gasteiger charge is -2.15. The van der Waals surface area contributed by atoms with Crippen molar-refractivity contribution in [3.05, 3.63) is 29.8 Å². The van der Waals surface area contributed by atoms with Gasteiger partial charge in [-0.2, -0.15) is 15.2 Å². The van der Waals surface area contributed by atoms with Gasteiger partial charge >= 0.3 is 0 Å². The quantitative estimate of drug-likeness (QED) is 0.888. The van der Waals surface area contributed by atoms with Gasteiger partial charge in [-0.3, -0.25) is 0 Å². The Balaban J connectivity index is 3.00. The topological polar surface area (TPSA) is 93.8 Å². The zero-order valence-corrected chi connectivity index (χ0v) is 10.9. The van der Waals surface area contributed by atoms with Gasteiger partial charge in [0.25, 0.3) is 0 Å². The molecule has 5 nitrogen and oxygen atoms in total. The molecule has 94 valence electrons. The van der Waals surface area contributed by atoms with Gasteiger partial charge < -0.3 is 0 Å². The number of nitrogens with one attached hydrogen (secondary N) is 1. The summed E-state index contributed by atoms with van der Waals surface area (Å²) in [6.45, 7) is 3.52. The molecule has 18 heavy (non-hydrogen) atoms. The zero-order chi connectivity index (χ0) is 13.8. The molecule has 0 aliphatic heterocycles. The second-order valence-electron chi connectivity index (χ2n) is 4.11. The fourth-order valence-electron chi connectivity index (χ4n) is 1.26. The van der Waals surface area contributed by atoms with Gasteiger partial charge in [0, 0.05) is 0 Å². The molecule has 1 N–H and O–H groups in total. The van der Waals surface area contributed by atoms with Crippen LogP contribution in [0.2, 0.25) is 0 Å². The van der Waals surface area contributed by atoms with E-state index in [4.69, 9.17) is 10.5 Å². The first-order chi connectivity index (χ1) is 8.40. The Morgan fingerprint density at radius 2 is 1.72 bits per heavy atom. The molecule has 1 rings (SSSR count). The smallest absolute Gasteiger partial charge is 0.207 e. The Morgan fingerprint density at radius 3 is 2.11 bits per heavy atom. The minimum absolute atomic E-state index is 0.0439. The third-order valence-electron chi connectivity index (χ3n) is 2.38. The van der Waals surface area contributed by atoms with E-state index in [1.807, 2.05) is 12.1 Å². The van der Waals surface area contributed by atoms with E-state index in [-0.39, 0.29) is 10.8 Å². The summed E-state index contributed by atoms with van der Waals surface area (Å²) in [4.78, 5) is 0.0439. The molecular formula is C12H13N3O2S. The monoisotopic (exact) mass is 263 g/mol. The van der Waals surface area contributed by atoms with Gasteiger partial charge in [-0.1, -0.05) is 13.8 Å². The summed E-state index contributed by atoms with van der Waals surface area (Å²) in [5.74, 6) is -0.122. The molecule has 1 aromatic rings. The van der Waals surface area contributed by atoms with Crippen LogP contribution in [0.4, 0.5) is 0 Å². The number of rotatable bonds is 4. The van der Waals surface area contributed by atoms with Crippen molar-refractivity contribution in [2.45, 2.75) is 24.8 Å². The maximum Gasteiger partial charge on any atom is 0.241 e. The highest BCUT2D eigenvalue weighted by molar-refractivity contribution is 7.89. The number of sulfonamides is 1. The second kappa shape index (κ2) is 5.63. The number of hydrogen-bond donors (Lipinski definition) is 1. The molecule has 0 saturated carbocycles. The SMILES string of the molecule is CC(C)C(C#N)NS(=O)(=O)c1ccc(C#N)cc1. The maximum absolute atomic E-state index is 12.0. The molecule has 1 unspecified atom stereocenters. The van der Waals surface area contributed by atoms with E-state index < -0.39 is 16.1 Å². The molecule has 0 radical (unpaired) electrons. The van der Waals surface area contributed by atoms with E-state index in [0.717, 1.165) is 0 Å². The number of hydrogen-bond acceptors (Lipinski definition) is 4. The van der Waals surface area contributed by atoms with Crippen molar-refractivity contribution in [1.82, 2.24) is 4.72 Å². The molecule has 0 spiro atoms. The van der Waals surface area contributed by atoms with Crippen molar-refractivity contribution in [2.75, 3.05) is 0 Å². The van der Waals surface area contributed by atoms with Gasteiger partial charge in [0.1, 0.15) is 6.04 Å². The highest BCUT2D eigenvalue weighted by Gasteiger charge is 2.21. The molecule has 1 atom stereocenters. The molecule has 0 aromatic heterocycles. The summed E-state index contributed by atoms with van der Waals surface area (Å²) in [5.41, 5.74) is 0.384. The van der Waals surface area contributed by atoms with Crippen LogP contribution < -0.4 is 4.72 Å². The van der Waals surface area contributed by atoms with Gasteiger partial charge in [-0.15, -0.1) is 0 Å². The van der Waals surface area contributed by atoms with Gasteiger partial charge in [-0.25, -0.2) is 8.42 Å². The zero-order valence-electron chi connectivity index (χ0n) is 10.1. The summed E-state index contributed by atoms with van der Waals surface area (Å²) >= 11 is 0. The lowest BCUT2D eigenvalue weighted by atomic mass is 10.1. The Kier molecular flexibility index (Phi) is 4.43. The first-order valence-electron chi connectivity index (χ1n) is 5.33. The summed E-state index contributed by atoms with van der Waals surface area (Å²) < 4.78 is 26.2. The van der Waals surface area contributed by atoms with Crippen molar-refractivity contribution in [1.29, 1.82) is 10.5 Å². The Bertz CT molecular complexity index is 592. The predicted octanol–water partition coefficient (Wildman–Crippen LogP) is 1.38. The fraction of sp³-hybridized carbons (Fsp3) is 0.333. The Morgan fingerprint density at radius 1 is 1.17 bits per heavy atom. The van der Waals surface area contributed by atoms with Crippen LogP contribution in [0.5, 0.6) is 0 Å². The third-order valence-corrected chi connectivity index (χ3v) is 3.84. The molecule has 0 bridgehead atoms. The minimum atomic E-state index is -3.72. The molecule has 0 fully saturated rings. The van der Waals surface area contributed by atoms with Gasteiger partial charge in [-0.05, 0) is 30.2 Å². The highest BCUT2D eigenvalue weighted by Crippen LogP contribution is 2.12. The minimum Gasteiger partial charge on any atom is -0.207 e. The van der Waals surface area contributed by atoms with Crippen LogP contribution in [0.3, 0.4) is 0 Å². The van der Waals surface area contributed by atoms with E-state index in [1.54, 1.807) is 13.8 Å². The van der Waals surface area contributed by atoms with Crippen LogP contribution in [-0.2, 0) is 10.0 Å². The largest absolute Gasteiger partial charge is 0.241 e. The van der Waals surface area contributed by atoms with Gasteiger partial charge in [0.15, 0.2) is 0 Å². The van der Waals surface area contributed by atoms with Crippen LogP contribution in [0, 0.1) is 28.6 Å². The molecular weight excluding hydrogens is 250 g/mol. The van der Waals surface area contributed by atoms with E-state index in [1.165, 1.54) is 24.3 Å². The van der Waals surface area contributed by atoms with Gasteiger partial charge in [0.2, 0.25) is 10.0 Å². The maximum atomic E-state index is 12.0. The average molecular weight is 263 g/mol. The van der Waals surface area contributed by atoms with Crippen molar-refractivity contribution >= 4 is 10.0 Å². The highest BCUT2D eigenvalue weighted by atomic mass is 32.2. The van der Waals surface area contributed by atoms with E-state index in [0.29, 0.717) is 5.56 Å². The fourth-order valence-corrected chi connectivity index (χ4v) is 2.54. The number of nitriles is 2. The summed E-state index contributed by atoms with van der Waals surface area (Å²) in [6.07, 6.45) is 0. The molecule has 0 amide bonds. The molecule has 6 heteroatoms. The summed E-state index contributed by atoms with van der Waals surface area (Å²) in [7, 11) is -3.72. The molecule has 0 heterocycles. The van der Waals surface area contributed by atoms with Crippen LogP contribution in [0.1, 0.15) is 19.4 Å². The number of benzene rings is 1. The van der Waals surface area contributed by atoms with Crippen LogP contribution in [-0.4, -0.2) is 14.5 Å².